The van der Waals surface area contributed by atoms with Crippen LogP contribution in [-0.4, -0.2) is 35.1 Å². The maximum absolute atomic E-state index is 10.9. The van der Waals surface area contributed by atoms with Crippen LogP contribution in [0.5, 0.6) is 0 Å². The zero-order chi connectivity index (χ0) is 11.4. The Bertz CT molecular complexity index is 218. The van der Waals surface area contributed by atoms with Crippen LogP contribution in [0.4, 0.5) is 0 Å². The van der Waals surface area contributed by atoms with Gasteiger partial charge in [0.1, 0.15) is 0 Å². The van der Waals surface area contributed by atoms with Crippen LogP contribution >= 0.6 is 0 Å². The van der Waals surface area contributed by atoms with E-state index in [1.807, 2.05) is 0 Å². The molecule has 15 heavy (non-hydrogen) atoms. The fraction of sp³-hybridized carbons (Fsp3) is 0.917. The molecule has 0 saturated heterocycles. The number of carboxylic acid groups (broad SMARTS) is 1. The number of hydrogen-bond acceptors (Lipinski definition) is 2. The molecular weight excluding hydrogens is 190 g/mol. The van der Waals surface area contributed by atoms with Crippen LogP contribution < -0.4 is 0 Å². The van der Waals surface area contributed by atoms with Crippen molar-refractivity contribution in [1.82, 2.24) is 4.90 Å². The van der Waals surface area contributed by atoms with Crippen LogP contribution in [0.25, 0.3) is 0 Å². The largest absolute Gasteiger partial charge is 0.481 e. The summed E-state index contributed by atoms with van der Waals surface area (Å²) in [6.07, 6.45) is 3.08. The minimum absolute atomic E-state index is 0.117. The van der Waals surface area contributed by atoms with Crippen LogP contribution in [-0.2, 0) is 4.79 Å². The van der Waals surface area contributed by atoms with Gasteiger partial charge in [-0.05, 0) is 25.3 Å². The molecule has 1 rings (SSSR count). The van der Waals surface area contributed by atoms with Gasteiger partial charge in [0, 0.05) is 12.6 Å². The average molecular weight is 213 g/mol. The Morgan fingerprint density at radius 2 is 2.13 bits per heavy atom. The van der Waals surface area contributed by atoms with Gasteiger partial charge in [0.05, 0.1) is 5.92 Å². The lowest BCUT2D eigenvalue weighted by Gasteiger charge is -2.42. The van der Waals surface area contributed by atoms with Gasteiger partial charge in [-0.3, -0.25) is 9.69 Å². The Morgan fingerprint density at radius 3 is 2.47 bits per heavy atom. The summed E-state index contributed by atoms with van der Waals surface area (Å²) < 4.78 is 0. The molecule has 3 unspecified atom stereocenters. The molecule has 0 aromatic rings. The van der Waals surface area contributed by atoms with Gasteiger partial charge in [0.25, 0.3) is 0 Å². The number of rotatable bonds is 6. The lowest BCUT2D eigenvalue weighted by molar-refractivity contribution is -0.149. The van der Waals surface area contributed by atoms with Crippen LogP contribution in [0.15, 0.2) is 0 Å². The van der Waals surface area contributed by atoms with Gasteiger partial charge in [-0.1, -0.05) is 27.2 Å². The molecule has 0 aromatic heterocycles. The van der Waals surface area contributed by atoms with Crippen molar-refractivity contribution >= 4 is 5.97 Å². The summed E-state index contributed by atoms with van der Waals surface area (Å²) >= 11 is 0. The van der Waals surface area contributed by atoms with Crippen LogP contribution in [0.2, 0.25) is 0 Å². The first kappa shape index (κ1) is 12.5. The highest BCUT2D eigenvalue weighted by Gasteiger charge is 2.39. The molecule has 88 valence electrons. The Labute approximate surface area is 92.5 Å². The van der Waals surface area contributed by atoms with Crippen molar-refractivity contribution in [3.8, 4) is 0 Å². The first-order valence-electron chi connectivity index (χ1n) is 6.06. The lowest BCUT2D eigenvalue weighted by atomic mass is 9.78. The van der Waals surface area contributed by atoms with Gasteiger partial charge in [-0.25, -0.2) is 0 Å². The van der Waals surface area contributed by atoms with Gasteiger partial charge in [0.2, 0.25) is 0 Å². The average Bonchev–Trinajstić information content (AvgIpc) is 2.13. The highest BCUT2D eigenvalue weighted by atomic mass is 16.4. The molecule has 1 aliphatic rings. The van der Waals surface area contributed by atoms with Crippen molar-refractivity contribution in [3.63, 3.8) is 0 Å². The van der Waals surface area contributed by atoms with E-state index in [0.29, 0.717) is 12.0 Å². The van der Waals surface area contributed by atoms with E-state index in [4.69, 9.17) is 5.11 Å². The quantitative estimate of drug-likeness (QED) is 0.735. The standard InChI is InChI=1S/C12H23NO2/c1-4-9(3)8-13(5-2)11-7-6-10(11)12(14)15/h9-11H,4-8H2,1-3H3,(H,14,15). The second kappa shape index (κ2) is 5.50. The number of carbonyl (C=O) groups is 1. The number of carboxylic acids is 1. The predicted octanol–water partition coefficient (Wildman–Crippen LogP) is 2.22. The molecule has 0 amide bonds. The molecule has 1 fully saturated rings. The van der Waals surface area contributed by atoms with Crippen LogP contribution in [0.3, 0.4) is 0 Å². The smallest absolute Gasteiger partial charge is 0.308 e. The number of hydrogen-bond donors (Lipinski definition) is 1. The third-order valence-corrected chi connectivity index (χ3v) is 3.67. The molecule has 0 radical (unpaired) electrons. The minimum atomic E-state index is -0.617. The Balaban J connectivity index is 2.48. The van der Waals surface area contributed by atoms with E-state index < -0.39 is 5.97 Å². The summed E-state index contributed by atoms with van der Waals surface area (Å²) in [5.41, 5.74) is 0. The predicted molar refractivity (Wildman–Crippen MR) is 60.8 cm³/mol. The monoisotopic (exact) mass is 213 g/mol. The molecular formula is C12H23NO2. The number of aliphatic carboxylic acids is 1. The van der Waals surface area contributed by atoms with Crippen LogP contribution in [0.1, 0.15) is 40.0 Å². The molecule has 0 aromatic carbocycles. The maximum Gasteiger partial charge on any atom is 0.308 e. The molecule has 1 aliphatic carbocycles. The second-order valence-corrected chi connectivity index (χ2v) is 4.69. The van der Waals surface area contributed by atoms with E-state index in [1.165, 1.54) is 6.42 Å². The van der Waals surface area contributed by atoms with Crippen molar-refractivity contribution in [3.05, 3.63) is 0 Å². The van der Waals surface area contributed by atoms with Crippen molar-refractivity contribution in [2.75, 3.05) is 13.1 Å². The molecule has 0 spiro atoms. The van der Waals surface area contributed by atoms with Gasteiger partial charge >= 0.3 is 5.97 Å². The van der Waals surface area contributed by atoms with E-state index in [1.54, 1.807) is 0 Å². The summed E-state index contributed by atoms with van der Waals surface area (Å²) in [6, 6.07) is 0.293. The van der Waals surface area contributed by atoms with Gasteiger partial charge < -0.3 is 5.11 Å². The van der Waals surface area contributed by atoms with Gasteiger partial charge in [-0.2, -0.15) is 0 Å². The number of nitrogens with zero attached hydrogens (tertiary/aromatic N) is 1. The molecule has 0 aliphatic heterocycles. The van der Waals surface area contributed by atoms with E-state index in [0.717, 1.165) is 25.9 Å². The fourth-order valence-electron chi connectivity index (χ4n) is 2.24. The van der Waals surface area contributed by atoms with Crippen LogP contribution in [0, 0.1) is 11.8 Å². The molecule has 3 nitrogen and oxygen atoms in total. The molecule has 0 heterocycles. The molecule has 1 saturated carbocycles. The van der Waals surface area contributed by atoms with E-state index in [9.17, 15) is 4.79 Å². The first-order valence-corrected chi connectivity index (χ1v) is 6.06. The van der Waals surface area contributed by atoms with Crippen molar-refractivity contribution < 1.29 is 9.90 Å². The zero-order valence-corrected chi connectivity index (χ0v) is 10.1. The third-order valence-electron chi connectivity index (χ3n) is 3.67. The lowest BCUT2D eigenvalue weighted by Crippen LogP contribution is -2.51. The Hall–Kier alpha value is -0.570. The van der Waals surface area contributed by atoms with E-state index >= 15 is 0 Å². The second-order valence-electron chi connectivity index (χ2n) is 4.69. The van der Waals surface area contributed by atoms with Gasteiger partial charge in [-0.15, -0.1) is 0 Å². The summed E-state index contributed by atoms with van der Waals surface area (Å²) in [5, 5.41) is 9.01. The maximum atomic E-state index is 10.9. The fourth-order valence-corrected chi connectivity index (χ4v) is 2.24. The van der Waals surface area contributed by atoms with Crippen molar-refractivity contribution in [1.29, 1.82) is 0 Å². The molecule has 3 atom stereocenters. The van der Waals surface area contributed by atoms with E-state index in [-0.39, 0.29) is 5.92 Å². The highest BCUT2D eigenvalue weighted by Crippen LogP contribution is 2.32. The van der Waals surface area contributed by atoms with Gasteiger partial charge in [0.15, 0.2) is 0 Å². The SMILES string of the molecule is CCC(C)CN(CC)C1CCC1C(=O)O. The summed E-state index contributed by atoms with van der Waals surface area (Å²) in [7, 11) is 0. The highest BCUT2D eigenvalue weighted by molar-refractivity contribution is 5.72. The summed E-state index contributed by atoms with van der Waals surface area (Å²) in [5.74, 6) is -0.0668. The van der Waals surface area contributed by atoms with Crippen molar-refractivity contribution in [2.24, 2.45) is 11.8 Å². The third kappa shape index (κ3) is 2.94. The van der Waals surface area contributed by atoms with Crippen molar-refractivity contribution in [2.45, 2.75) is 46.1 Å². The normalized spacial score (nSPS) is 27.5. The Morgan fingerprint density at radius 1 is 1.47 bits per heavy atom. The minimum Gasteiger partial charge on any atom is -0.481 e. The molecule has 3 heteroatoms. The summed E-state index contributed by atoms with van der Waals surface area (Å²) in [6.45, 7) is 8.56. The first-order chi connectivity index (χ1) is 7.10. The summed E-state index contributed by atoms with van der Waals surface area (Å²) in [4.78, 5) is 13.3. The zero-order valence-electron chi connectivity index (χ0n) is 10.1. The van der Waals surface area contributed by atoms with E-state index in [2.05, 4.69) is 25.7 Å². The molecule has 1 N–H and O–H groups in total. The topological polar surface area (TPSA) is 40.5 Å². The Kier molecular flexibility index (Phi) is 4.58. The molecule has 0 bridgehead atoms.